The van der Waals surface area contributed by atoms with Gasteiger partial charge < -0.3 is 10.0 Å². The molecule has 0 saturated carbocycles. The molecule has 0 bridgehead atoms. The van der Waals surface area contributed by atoms with Gasteiger partial charge in [0.15, 0.2) is 0 Å². The molecule has 2 unspecified atom stereocenters. The van der Waals surface area contributed by atoms with E-state index in [9.17, 15) is 4.79 Å². The number of carbonyl (C=O) groups excluding carboxylic acids is 1. The molecule has 1 fully saturated rings. The lowest BCUT2D eigenvalue weighted by atomic mass is 10.1. The van der Waals surface area contributed by atoms with E-state index >= 15 is 0 Å². The van der Waals surface area contributed by atoms with E-state index in [-0.39, 0.29) is 24.5 Å². The number of carbonyl (C=O) groups is 1. The summed E-state index contributed by atoms with van der Waals surface area (Å²) in [5.74, 6) is 0.319. The SMILES string of the molecule is CC(Cc1ccsc1)N1CC(CO)CC1=O. The molecule has 3 nitrogen and oxygen atoms in total. The highest BCUT2D eigenvalue weighted by Crippen LogP contribution is 2.21. The molecule has 0 radical (unpaired) electrons. The maximum absolute atomic E-state index is 11.7. The van der Waals surface area contributed by atoms with Crippen LogP contribution in [0.15, 0.2) is 16.8 Å². The normalized spacial score (nSPS) is 22.8. The molecule has 0 aliphatic carbocycles. The number of nitrogens with zero attached hydrogens (tertiary/aromatic N) is 1. The Balaban J connectivity index is 1.95. The molecule has 2 rings (SSSR count). The van der Waals surface area contributed by atoms with Crippen molar-refractivity contribution < 1.29 is 9.90 Å². The first-order valence-electron chi connectivity index (χ1n) is 5.62. The lowest BCUT2D eigenvalue weighted by molar-refractivity contribution is -0.129. The fourth-order valence-corrected chi connectivity index (χ4v) is 2.90. The van der Waals surface area contributed by atoms with E-state index in [0.29, 0.717) is 13.0 Å². The van der Waals surface area contributed by atoms with Crippen LogP contribution in [0.3, 0.4) is 0 Å². The largest absolute Gasteiger partial charge is 0.396 e. The van der Waals surface area contributed by atoms with E-state index in [1.165, 1.54) is 5.56 Å². The number of likely N-dealkylation sites (tertiary alicyclic amines) is 1. The molecule has 4 heteroatoms. The summed E-state index contributed by atoms with van der Waals surface area (Å²) in [4.78, 5) is 13.6. The molecule has 2 heterocycles. The van der Waals surface area contributed by atoms with E-state index in [0.717, 1.165) is 6.42 Å². The summed E-state index contributed by atoms with van der Waals surface area (Å²) < 4.78 is 0. The Kier molecular flexibility index (Phi) is 3.61. The first kappa shape index (κ1) is 11.6. The van der Waals surface area contributed by atoms with Gasteiger partial charge in [-0.2, -0.15) is 11.3 Å². The third-order valence-electron chi connectivity index (χ3n) is 3.14. The van der Waals surface area contributed by atoms with Crippen LogP contribution < -0.4 is 0 Å². The molecule has 1 amide bonds. The van der Waals surface area contributed by atoms with Gasteiger partial charge >= 0.3 is 0 Å². The van der Waals surface area contributed by atoms with E-state index in [1.807, 2.05) is 4.90 Å². The van der Waals surface area contributed by atoms with Gasteiger partial charge in [0.05, 0.1) is 0 Å². The molecule has 88 valence electrons. The second-order valence-electron chi connectivity index (χ2n) is 4.48. The highest BCUT2D eigenvalue weighted by molar-refractivity contribution is 7.07. The summed E-state index contributed by atoms with van der Waals surface area (Å²) in [5, 5.41) is 13.2. The second kappa shape index (κ2) is 4.97. The van der Waals surface area contributed by atoms with Crippen molar-refractivity contribution in [3.05, 3.63) is 22.4 Å². The molecular weight excluding hydrogens is 222 g/mol. The number of amides is 1. The van der Waals surface area contributed by atoms with Crippen molar-refractivity contribution in [2.45, 2.75) is 25.8 Å². The van der Waals surface area contributed by atoms with Crippen molar-refractivity contribution >= 4 is 17.2 Å². The summed E-state index contributed by atoms with van der Waals surface area (Å²) in [7, 11) is 0. The number of hydrogen-bond acceptors (Lipinski definition) is 3. The monoisotopic (exact) mass is 239 g/mol. The van der Waals surface area contributed by atoms with Gasteiger partial charge in [0.25, 0.3) is 0 Å². The zero-order valence-corrected chi connectivity index (χ0v) is 10.2. The smallest absolute Gasteiger partial charge is 0.223 e. The average Bonchev–Trinajstić information content (AvgIpc) is 2.87. The number of aliphatic hydroxyl groups is 1. The van der Waals surface area contributed by atoms with E-state index < -0.39 is 0 Å². The van der Waals surface area contributed by atoms with Crippen LogP contribution >= 0.6 is 11.3 Å². The quantitative estimate of drug-likeness (QED) is 0.865. The Morgan fingerprint density at radius 2 is 2.50 bits per heavy atom. The van der Waals surface area contributed by atoms with E-state index in [4.69, 9.17) is 5.11 Å². The molecule has 0 aromatic carbocycles. The van der Waals surface area contributed by atoms with Gasteiger partial charge in [-0.1, -0.05) is 0 Å². The molecule has 1 aromatic heterocycles. The highest BCUT2D eigenvalue weighted by Gasteiger charge is 2.31. The topological polar surface area (TPSA) is 40.5 Å². The Morgan fingerprint density at radius 3 is 3.06 bits per heavy atom. The fraction of sp³-hybridized carbons (Fsp3) is 0.583. The van der Waals surface area contributed by atoms with Crippen molar-refractivity contribution in [3.8, 4) is 0 Å². The third kappa shape index (κ3) is 2.44. The van der Waals surface area contributed by atoms with Gasteiger partial charge in [0.1, 0.15) is 0 Å². The minimum Gasteiger partial charge on any atom is -0.396 e. The number of thiophene rings is 1. The van der Waals surface area contributed by atoms with Gasteiger partial charge in [-0.3, -0.25) is 4.79 Å². The van der Waals surface area contributed by atoms with Crippen LogP contribution in [0.25, 0.3) is 0 Å². The van der Waals surface area contributed by atoms with Crippen molar-refractivity contribution in [2.24, 2.45) is 5.92 Å². The van der Waals surface area contributed by atoms with Gasteiger partial charge in [-0.25, -0.2) is 0 Å². The fourth-order valence-electron chi connectivity index (χ4n) is 2.22. The Morgan fingerprint density at radius 1 is 1.69 bits per heavy atom. The molecule has 1 saturated heterocycles. The average molecular weight is 239 g/mol. The Labute approximate surface area is 99.7 Å². The molecular formula is C12H17NO2S. The maximum atomic E-state index is 11.7. The molecule has 16 heavy (non-hydrogen) atoms. The lowest BCUT2D eigenvalue weighted by Crippen LogP contribution is -2.36. The summed E-state index contributed by atoms with van der Waals surface area (Å²) in [6.07, 6.45) is 1.41. The number of aliphatic hydroxyl groups excluding tert-OH is 1. The zero-order chi connectivity index (χ0) is 11.5. The van der Waals surface area contributed by atoms with Crippen LogP contribution in [-0.4, -0.2) is 35.1 Å². The third-order valence-corrected chi connectivity index (χ3v) is 3.87. The molecule has 2 atom stereocenters. The lowest BCUT2D eigenvalue weighted by Gasteiger charge is -2.24. The second-order valence-corrected chi connectivity index (χ2v) is 5.26. The van der Waals surface area contributed by atoms with Crippen LogP contribution in [0.2, 0.25) is 0 Å². The molecule has 1 N–H and O–H groups in total. The molecule has 0 spiro atoms. The Bertz CT molecular complexity index is 350. The minimum atomic E-state index is 0.118. The van der Waals surface area contributed by atoms with Crippen LogP contribution in [-0.2, 0) is 11.2 Å². The summed E-state index contributed by atoms with van der Waals surface area (Å²) in [5.41, 5.74) is 1.29. The summed E-state index contributed by atoms with van der Waals surface area (Å²) in [6, 6.07) is 2.34. The molecule has 1 aromatic rings. The first-order valence-corrected chi connectivity index (χ1v) is 6.56. The number of hydrogen-bond donors (Lipinski definition) is 1. The highest BCUT2D eigenvalue weighted by atomic mass is 32.1. The predicted octanol–water partition coefficient (Wildman–Crippen LogP) is 1.52. The van der Waals surface area contributed by atoms with Crippen LogP contribution in [0.1, 0.15) is 18.9 Å². The summed E-state index contributed by atoms with van der Waals surface area (Å²) in [6.45, 7) is 2.91. The van der Waals surface area contributed by atoms with Crippen molar-refractivity contribution in [1.29, 1.82) is 0 Å². The minimum absolute atomic E-state index is 0.118. The summed E-state index contributed by atoms with van der Waals surface area (Å²) >= 11 is 1.69. The first-order chi connectivity index (χ1) is 7.70. The van der Waals surface area contributed by atoms with Gasteiger partial charge in [-0.05, 0) is 35.7 Å². The van der Waals surface area contributed by atoms with E-state index in [1.54, 1.807) is 11.3 Å². The van der Waals surface area contributed by atoms with Crippen molar-refractivity contribution in [3.63, 3.8) is 0 Å². The molecule has 1 aliphatic rings. The van der Waals surface area contributed by atoms with Crippen LogP contribution in [0.4, 0.5) is 0 Å². The van der Waals surface area contributed by atoms with E-state index in [2.05, 4.69) is 23.8 Å². The zero-order valence-electron chi connectivity index (χ0n) is 9.43. The predicted molar refractivity (Wildman–Crippen MR) is 64.4 cm³/mol. The van der Waals surface area contributed by atoms with Gasteiger partial charge in [-0.15, -0.1) is 0 Å². The Hall–Kier alpha value is -0.870. The van der Waals surface area contributed by atoms with Crippen molar-refractivity contribution in [2.75, 3.05) is 13.2 Å². The van der Waals surface area contributed by atoms with Gasteiger partial charge in [0.2, 0.25) is 5.91 Å². The standard InChI is InChI=1S/C12H17NO2S/c1-9(4-10-2-3-16-8-10)13-6-11(7-14)5-12(13)15/h2-3,8-9,11,14H,4-7H2,1H3. The van der Waals surface area contributed by atoms with Crippen LogP contribution in [0, 0.1) is 5.92 Å². The maximum Gasteiger partial charge on any atom is 0.223 e. The number of rotatable bonds is 4. The van der Waals surface area contributed by atoms with Crippen molar-refractivity contribution in [1.82, 2.24) is 4.90 Å². The molecule has 1 aliphatic heterocycles. The van der Waals surface area contributed by atoms with Crippen LogP contribution in [0.5, 0.6) is 0 Å². The van der Waals surface area contributed by atoms with Gasteiger partial charge in [0, 0.05) is 31.5 Å².